The van der Waals surface area contributed by atoms with Crippen LogP contribution >= 0.6 is 11.3 Å². The number of aryl methyl sites for hydroxylation is 1. The number of nitrogens with zero attached hydrogens (tertiary/aromatic N) is 3. The number of hydrogen-bond donors (Lipinski definition) is 2. The number of pyridine rings is 2. The molecule has 30 heavy (non-hydrogen) atoms. The van der Waals surface area contributed by atoms with Crippen molar-refractivity contribution in [2.24, 2.45) is 0 Å². The molecule has 0 unspecified atom stereocenters. The van der Waals surface area contributed by atoms with Crippen LogP contribution in [0.15, 0.2) is 65.7 Å². The van der Waals surface area contributed by atoms with Crippen molar-refractivity contribution in [1.29, 1.82) is 0 Å². The zero-order chi connectivity index (χ0) is 20.5. The average Bonchev–Trinajstić information content (AvgIpc) is 3.35. The summed E-state index contributed by atoms with van der Waals surface area (Å²) >= 11 is 1.72. The van der Waals surface area contributed by atoms with Crippen LogP contribution in [-0.4, -0.2) is 26.6 Å². The molecule has 0 radical (unpaired) electrons. The molecule has 0 saturated heterocycles. The highest BCUT2D eigenvalue weighted by Crippen LogP contribution is 2.30. The first-order valence-corrected chi connectivity index (χ1v) is 11.0. The molecule has 1 aliphatic rings. The number of rotatable bonds is 5. The highest BCUT2D eigenvalue weighted by Gasteiger charge is 2.25. The fourth-order valence-electron chi connectivity index (χ4n) is 3.98. The zero-order valence-corrected chi connectivity index (χ0v) is 17.5. The molecule has 4 aromatic rings. The lowest BCUT2D eigenvalue weighted by Crippen LogP contribution is -2.21. The Kier molecular flexibility index (Phi) is 4.96. The molecule has 2 N–H and O–H groups in total. The molecule has 0 amide bonds. The van der Waals surface area contributed by atoms with Crippen molar-refractivity contribution < 1.29 is 0 Å². The second kappa shape index (κ2) is 7.91. The Balaban J connectivity index is 1.21. The normalized spacial score (nSPS) is 18.6. The molecule has 1 fully saturated rings. The van der Waals surface area contributed by atoms with Gasteiger partial charge in [0, 0.05) is 24.3 Å². The summed E-state index contributed by atoms with van der Waals surface area (Å²) in [6.45, 7) is 2.11. The van der Waals surface area contributed by atoms with Crippen molar-refractivity contribution in [2.45, 2.75) is 38.3 Å². The Bertz CT molecular complexity index is 1230. The minimum atomic E-state index is -0.0604. The molecule has 0 aliphatic heterocycles. The van der Waals surface area contributed by atoms with E-state index < -0.39 is 0 Å². The summed E-state index contributed by atoms with van der Waals surface area (Å²) in [7, 11) is 0. The number of thiazole rings is 1. The molecule has 3 heterocycles. The van der Waals surface area contributed by atoms with Crippen molar-refractivity contribution in [2.75, 3.05) is 10.6 Å². The van der Waals surface area contributed by atoms with Crippen LogP contribution < -0.4 is 16.2 Å². The summed E-state index contributed by atoms with van der Waals surface area (Å²) in [5, 5.41) is 8.14. The summed E-state index contributed by atoms with van der Waals surface area (Å²) in [4.78, 5) is 21.2. The van der Waals surface area contributed by atoms with Crippen LogP contribution in [0.3, 0.4) is 0 Å². The second-order valence-corrected chi connectivity index (χ2v) is 8.83. The van der Waals surface area contributed by atoms with Crippen molar-refractivity contribution in [1.82, 2.24) is 14.5 Å². The Morgan fingerprint density at radius 2 is 1.93 bits per heavy atom. The van der Waals surface area contributed by atoms with E-state index in [1.54, 1.807) is 40.4 Å². The van der Waals surface area contributed by atoms with Crippen LogP contribution in [-0.2, 0) is 0 Å². The first kappa shape index (κ1) is 18.8. The van der Waals surface area contributed by atoms with Gasteiger partial charge in [0.15, 0.2) is 5.13 Å². The maximum absolute atomic E-state index is 12.0. The Labute approximate surface area is 178 Å². The average molecular weight is 418 g/mol. The number of aromatic nitrogens is 3. The van der Waals surface area contributed by atoms with Gasteiger partial charge in [-0.2, -0.15) is 0 Å². The van der Waals surface area contributed by atoms with Gasteiger partial charge in [-0.1, -0.05) is 23.5 Å². The maximum Gasteiger partial charge on any atom is 0.255 e. The Hall–Kier alpha value is -3.19. The van der Waals surface area contributed by atoms with Crippen molar-refractivity contribution in [3.8, 4) is 5.69 Å². The third-order valence-corrected chi connectivity index (χ3v) is 6.45. The summed E-state index contributed by atoms with van der Waals surface area (Å²) in [6, 6.07) is 16.1. The third-order valence-electron chi connectivity index (χ3n) is 5.50. The molecule has 152 valence electrons. The Morgan fingerprint density at radius 3 is 2.73 bits per heavy atom. The topological polar surface area (TPSA) is 71.8 Å². The van der Waals surface area contributed by atoms with Crippen LogP contribution in [0.2, 0.25) is 0 Å². The van der Waals surface area contributed by atoms with Gasteiger partial charge in [0.1, 0.15) is 5.82 Å². The van der Waals surface area contributed by atoms with Gasteiger partial charge in [0.05, 0.1) is 22.1 Å². The third kappa shape index (κ3) is 3.93. The Morgan fingerprint density at radius 1 is 1.07 bits per heavy atom. The van der Waals surface area contributed by atoms with Crippen LogP contribution in [0.4, 0.5) is 10.9 Å². The van der Waals surface area contributed by atoms with Crippen LogP contribution in [0.25, 0.3) is 15.9 Å². The minimum absolute atomic E-state index is 0.0604. The van der Waals surface area contributed by atoms with Gasteiger partial charge in [0.2, 0.25) is 0 Å². The zero-order valence-electron chi connectivity index (χ0n) is 16.7. The molecule has 7 heteroatoms. The van der Waals surface area contributed by atoms with E-state index >= 15 is 0 Å². The molecule has 0 spiro atoms. The summed E-state index contributed by atoms with van der Waals surface area (Å²) in [6.07, 6.45) is 6.70. The summed E-state index contributed by atoms with van der Waals surface area (Å²) in [5.74, 6) is 0.837. The number of hydrogen-bond acceptors (Lipinski definition) is 6. The van der Waals surface area contributed by atoms with Crippen molar-refractivity contribution in [3.05, 3.63) is 76.8 Å². The van der Waals surface area contributed by atoms with E-state index in [1.165, 1.54) is 10.3 Å². The van der Waals surface area contributed by atoms with Gasteiger partial charge in [-0.15, -0.1) is 0 Å². The molecule has 3 aromatic heterocycles. The van der Waals surface area contributed by atoms with Gasteiger partial charge < -0.3 is 10.6 Å². The fraction of sp³-hybridized carbons (Fsp3) is 0.261. The van der Waals surface area contributed by atoms with E-state index in [9.17, 15) is 4.79 Å². The largest absolute Gasteiger partial charge is 0.367 e. The first-order chi connectivity index (χ1) is 14.6. The fourth-order valence-corrected chi connectivity index (χ4v) is 5.02. The molecule has 0 bridgehead atoms. The van der Waals surface area contributed by atoms with Gasteiger partial charge in [-0.3, -0.25) is 9.36 Å². The van der Waals surface area contributed by atoms with E-state index in [0.717, 1.165) is 41.4 Å². The quantitative estimate of drug-likeness (QED) is 0.497. The molecule has 1 saturated carbocycles. The predicted octanol–water partition coefficient (Wildman–Crippen LogP) is 4.60. The highest BCUT2D eigenvalue weighted by molar-refractivity contribution is 7.22. The predicted molar refractivity (Wildman–Crippen MR) is 123 cm³/mol. The van der Waals surface area contributed by atoms with Crippen LogP contribution in [0.5, 0.6) is 0 Å². The van der Waals surface area contributed by atoms with Crippen molar-refractivity contribution in [3.63, 3.8) is 0 Å². The maximum atomic E-state index is 12.0. The standard InChI is InChI=1S/C23H23N5OS/c1-15-5-9-19-20(12-15)30-23(27-19)26-17-7-6-16(13-17)25-21-10-8-18(14-24-21)28-11-3-2-4-22(28)29/h2-5,8-12,14,16-17H,6-7,13H2,1H3,(H,24,25)(H,26,27)/t16-,17-/m0/s1. The van der Waals surface area contributed by atoms with E-state index in [4.69, 9.17) is 4.98 Å². The molecule has 1 aromatic carbocycles. The molecular formula is C23H23N5OS. The lowest BCUT2D eigenvalue weighted by molar-refractivity contribution is 0.722. The van der Waals surface area contributed by atoms with Crippen LogP contribution in [0, 0.1) is 6.92 Å². The van der Waals surface area contributed by atoms with E-state index in [2.05, 4.69) is 40.7 Å². The highest BCUT2D eigenvalue weighted by atomic mass is 32.1. The van der Waals surface area contributed by atoms with Gasteiger partial charge in [-0.25, -0.2) is 9.97 Å². The molecule has 6 nitrogen and oxygen atoms in total. The lowest BCUT2D eigenvalue weighted by Gasteiger charge is -2.15. The lowest BCUT2D eigenvalue weighted by atomic mass is 10.2. The van der Waals surface area contributed by atoms with E-state index in [-0.39, 0.29) is 5.56 Å². The second-order valence-electron chi connectivity index (χ2n) is 7.80. The van der Waals surface area contributed by atoms with Crippen molar-refractivity contribution >= 4 is 32.5 Å². The molecule has 1 aliphatic carbocycles. The number of benzene rings is 1. The number of fused-ring (bicyclic) bond motifs is 1. The van der Waals surface area contributed by atoms with Gasteiger partial charge in [0.25, 0.3) is 5.56 Å². The summed E-state index contributed by atoms with van der Waals surface area (Å²) < 4.78 is 2.82. The van der Waals surface area contributed by atoms with E-state index in [0.29, 0.717) is 12.1 Å². The van der Waals surface area contributed by atoms with Crippen LogP contribution in [0.1, 0.15) is 24.8 Å². The first-order valence-electron chi connectivity index (χ1n) is 10.2. The van der Waals surface area contributed by atoms with E-state index in [1.807, 2.05) is 18.2 Å². The number of anilines is 2. The monoisotopic (exact) mass is 417 g/mol. The SMILES string of the molecule is Cc1ccc2nc(N[C@H]3CC[C@H](Nc4ccc(-n5ccccc5=O)cn4)C3)sc2c1. The molecule has 2 atom stereocenters. The van der Waals surface area contributed by atoms with Gasteiger partial charge in [-0.05, 0) is 62.1 Å². The summed E-state index contributed by atoms with van der Waals surface area (Å²) in [5.41, 5.74) is 3.03. The molecular weight excluding hydrogens is 394 g/mol. The molecule has 5 rings (SSSR count). The minimum Gasteiger partial charge on any atom is -0.367 e. The smallest absolute Gasteiger partial charge is 0.255 e. The number of nitrogens with one attached hydrogen (secondary N) is 2. The van der Waals surface area contributed by atoms with Gasteiger partial charge >= 0.3 is 0 Å².